The predicted molar refractivity (Wildman–Crippen MR) is 71.6 cm³/mol. The van der Waals surface area contributed by atoms with E-state index < -0.39 is 11.9 Å². The van der Waals surface area contributed by atoms with Crippen molar-refractivity contribution in [2.45, 2.75) is 43.3 Å². The fourth-order valence-electron chi connectivity index (χ4n) is 2.79. The van der Waals surface area contributed by atoms with Crippen molar-refractivity contribution < 1.29 is 14.7 Å². The van der Waals surface area contributed by atoms with Crippen LogP contribution >= 0.6 is 11.8 Å². The molecule has 0 bridgehead atoms. The van der Waals surface area contributed by atoms with E-state index in [0.29, 0.717) is 13.0 Å². The first-order valence-electron chi connectivity index (χ1n) is 6.64. The van der Waals surface area contributed by atoms with Crippen molar-refractivity contribution in [2.24, 2.45) is 11.8 Å². The topological polar surface area (TPSA) is 66.4 Å². The minimum Gasteiger partial charge on any atom is -0.481 e. The third-order valence-corrected chi connectivity index (χ3v) is 5.65. The Hall–Kier alpha value is -0.710. The maximum absolute atomic E-state index is 11.8. The van der Waals surface area contributed by atoms with Crippen LogP contribution < -0.4 is 5.32 Å². The van der Waals surface area contributed by atoms with Gasteiger partial charge < -0.3 is 10.4 Å². The van der Waals surface area contributed by atoms with Crippen molar-refractivity contribution in [3.63, 3.8) is 0 Å². The van der Waals surface area contributed by atoms with E-state index in [9.17, 15) is 9.59 Å². The van der Waals surface area contributed by atoms with Crippen molar-refractivity contribution in [1.29, 1.82) is 0 Å². The van der Waals surface area contributed by atoms with Crippen LogP contribution in [0.3, 0.4) is 0 Å². The normalized spacial score (nSPS) is 29.6. The Labute approximate surface area is 112 Å². The average Bonchev–Trinajstić information content (AvgIpc) is 3.17. The lowest BCUT2D eigenvalue weighted by Crippen LogP contribution is -2.42. The van der Waals surface area contributed by atoms with E-state index >= 15 is 0 Å². The molecule has 2 aliphatic carbocycles. The average molecular weight is 271 g/mol. The summed E-state index contributed by atoms with van der Waals surface area (Å²) in [5.41, 5.74) is 0. The number of nitrogens with one attached hydrogen (secondary N) is 1. The molecule has 0 aromatic heterocycles. The van der Waals surface area contributed by atoms with Crippen LogP contribution in [0.4, 0.5) is 0 Å². The minimum atomic E-state index is -0.840. The summed E-state index contributed by atoms with van der Waals surface area (Å²) < 4.78 is 0.182. The molecule has 0 aliphatic heterocycles. The quantitative estimate of drug-likeness (QED) is 0.801. The van der Waals surface area contributed by atoms with Crippen LogP contribution in [0, 0.1) is 11.8 Å². The summed E-state index contributed by atoms with van der Waals surface area (Å²) in [6.07, 6.45) is 8.68. The summed E-state index contributed by atoms with van der Waals surface area (Å²) in [6.45, 7) is 0.690. The van der Waals surface area contributed by atoms with Gasteiger partial charge >= 0.3 is 5.97 Å². The second-order valence-electron chi connectivity index (χ2n) is 5.45. The number of hydrogen-bond acceptors (Lipinski definition) is 3. The molecule has 2 rings (SSSR count). The number of aliphatic carboxylic acids is 1. The summed E-state index contributed by atoms with van der Waals surface area (Å²) in [5.74, 6) is -1.64. The summed E-state index contributed by atoms with van der Waals surface area (Å²) in [5, 5.41) is 11.8. The Morgan fingerprint density at radius 3 is 2.44 bits per heavy atom. The van der Waals surface area contributed by atoms with Crippen molar-refractivity contribution in [1.82, 2.24) is 5.32 Å². The molecule has 0 radical (unpaired) electrons. The van der Waals surface area contributed by atoms with Crippen LogP contribution in [0.25, 0.3) is 0 Å². The predicted octanol–water partition coefficient (Wildman–Crippen LogP) is 1.89. The van der Waals surface area contributed by atoms with Gasteiger partial charge in [0.2, 0.25) is 5.91 Å². The highest BCUT2D eigenvalue weighted by molar-refractivity contribution is 8.00. The smallest absolute Gasteiger partial charge is 0.307 e. The number of carbonyl (C=O) groups excluding carboxylic acids is 1. The van der Waals surface area contributed by atoms with Crippen LogP contribution in [0.5, 0.6) is 0 Å². The van der Waals surface area contributed by atoms with Crippen LogP contribution in [0.15, 0.2) is 0 Å². The monoisotopic (exact) mass is 271 g/mol. The highest BCUT2D eigenvalue weighted by atomic mass is 32.2. The van der Waals surface area contributed by atoms with Gasteiger partial charge in [-0.3, -0.25) is 9.59 Å². The van der Waals surface area contributed by atoms with E-state index in [1.54, 1.807) is 0 Å². The molecule has 2 fully saturated rings. The molecule has 102 valence electrons. The van der Waals surface area contributed by atoms with E-state index in [1.807, 2.05) is 11.8 Å². The summed E-state index contributed by atoms with van der Waals surface area (Å²) in [6, 6.07) is 0. The number of thioether (sulfide) groups is 1. The molecule has 1 amide bonds. The van der Waals surface area contributed by atoms with E-state index in [1.165, 1.54) is 19.3 Å². The van der Waals surface area contributed by atoms with E-state index in [4.69, 9.17) is 5.11 Å². The molecule has 0 saturated heterocycles. The van der Waals surface area contributed by atoms with E-state index in [-0.39, 0.29) is 16.6 Å². The van der Waals surface area contributed by atoms with Crippen LogP contribution in [0.1, 0.15) is 38.5 Å². The molecular weight excluding hydrogens is 250 g/mol. The number of hydrogen-bond donors (Lipinski definition) is 2. The Bertz CT molecular complexity index is 339. The molecule has 2 saturated carbocycles. The lowest BCUT2D eigenvalue weighted by Gasteiger charge is -2.35. The Morgan fingerprint density at radius 1 is 1.28 bits per heavy atom. The fourth-order valence-corrected chi connectivity index (χ4v) is 3.70. The van der Waals surface area contributed by atoms with Crippen molar-refractivity contribution in [3.8, 4) is 0 Å². The first kappa shape index (κ1) is 13.7. The van der Waals surface area contributed by atoms with Crippen molar-refractivity contribution in [3.05, 3.63) is 0 Å². The van der Waals surface area contributed by atoms with Gasteiger partial charge in [-0.05, 0) is 25.5 Å². The Kier molecular flexibility index (Phi) is 4.20. The lowest BCUT2D eigenvalue weighted by atomic mass is 9.88. The maximum Gasteiger partial charge on any atom is 0.307 e. The SMILES string of the molecule is CSC1(CNC(=O)[C@@H]2C[C@@H]2C(=O)O)CCCCC1. The van der Waals surface area contributed by atoms with Gasteiger partial charge in [-0.25, -0.2) is 0 Å². The van der Waals surface area contributed by atoms with Crippen molar-refractivity contribution >= 4 is 23.6 Å². The van der Waals surface area contributed by atoms with Gasteiger partial charge in [0.05, 0.1) is 11.8 Å². The molecule has 0 aromatic carbocycles. The molecule has 0 spiro atoms. The number of carboxylic acids is 1. The molecule has 5 heteroatoms. The third kappa shape index (κ3) is 2.99. The first-order chi connectivity index (χ1) is 8.58. The zero-order chi connectivity index (χ0) is 13.2. The van der Waals surface area contributed by atoms with Gasteiger partial charge in [0, 0.05) is 11.3 Å². The van der Waals surface area contributed by atoms with Crippen LogP contribution in [-0.2, 0) is 9.59 Å². The third-order valence-electron chi connectivity index (χ3n) is 4.23. The van der Waals surface area contributed by atoms with Gasteiger partial charge in [0.25, 0.3) is 0 Å². The molecule has 18 heavy (non-hydrogen) atoms. The molecule has 0 aromatic rings. The molecule has 2 atom stereocenters. The summed E-state index contributed by atoms with van der Waals surface area (Å²) in [7, 11) is 0. The van der Waals surface area contributed by atoms with E-state index in [0.717, 1.165) is 12.8 Å². The van der Waals surface area contributed by atoms with Gasteiger partial charge in [-0.15, -0.1) is 0 Å². The zero-order valence-electron chi connectivity index (χ0n) is 10.8. The molecule has 2 aliphatic rings. The second-order valence-corrected chi connectivity index (χ2v) is 6.73. The number of rotatable bonds is 5. The zero-order valence-corrected chi connectivity index (χ0v) is 11.6. The fraction of sp³-hybridized carbons (Fsp3) is 0.846. The minimum absolute atomic E-state index is 0.0681. The molecule has 0 unspecified atom stereocenters. The lowest BCUT2D eigenvalue weighted by molar-refractivity contribution is -0.140. The van der Waals surface area contributed by atoms with Crippen molar-refractivity contribution in [2.75, 3.05) is 12.8 Å². The molecule has 2 N–H and O–H groups in total. The number of carbonyl (C=O) groups is 2. The molecular formula is C13H21NO3S. The maximum atomic E-state index is 11.8. The summed E-state index contributed by atoms with van der Waals surface area (Å²) in [4.78, 5) is 22.6. The Morgan fingerprint density at radius 2 is 1.94 bits per heavy atom. The highest BCUT2D eigenvalue weighted by Gasteiger charge is 2.48. The van der Waals surface area contributed by atoms with Gasteiger partial charge in [0.1, 0.15) is 0 Å². The van der Waals surface area contributed by atoms with Crippen LogP contribution in [0.2, 0.25) is 0 Å². The highest BCUT2D eigenvalue weighted by Crippen LogP contribution is 2.40. The standard InChI is InChI=1S/C13H21NO3S/c1-18-13(5-3-2-4-6-13)8-14-11(15)9-7-10(9)12(16)17/h9-10H,2-8H2,1H3,(H,14,15)(H,16,17)/t9-,10+/m1/s1. The van der Waals surface area contributed by atoms with Gasteiger partial charge in [-0.1, -0.05) is 19.3 Å². The van der Waals surface area contributed by atoms with Crippen LogP contribution in [-0.4, -0.2) is 34.5 Å². The number of amides is 1. The number of carboxylic acid groups (broad SMARTS) is 1. The summed E-state index contributed by atoms with van der Waals surface area (Å²) >= 11 is 1.84. The molecule has 4 nitrogen and oxygen atoms in total. The first-order valence-corrected chi connectivity index (χ1v) is 7.86. The van der Waals surface area contributed by atoms with E-state index in [2.05, 4.69) is 11.6 Å². The largest absolute Gasteiger partial charge is 0.481 e. The second kappa shape index (κ2) is 5.51. The van der Waals surface area contributed by atoms with Gasteiger partial charge in [-0.2, -0.15) is 11.8 Å². The van der Waals surface area contributed by atoms with Gasteiger partial charge in [0.15, 0.2) is 0 Å². The molecule has 0 heterocycles. The Balaban J connectivity index is 1.80.